The van der Waals surface area contributed by atoms with Crippen molar-refractivity contribution >= 4 is 27.8 Å². The van der Waals surface area contributed by atoms with Crippen LogP contribution < -0.4 is 4.74 Å². The molecule has 0 amide bonds. The molecule has 5 nitrogen and oxygen atoms in total. The number of ether oxygens (including phenoxy) is 1. The van der Waals surface area contributed by atoms with Crippen LogP contribution in [0.5, 0.6) is 5.75 Å². The number of hydrogen-bond donors (Lipinski definition) is 0. The van der Waals surface area contributed by atoms with Gasteiger partial charge in [0.2, 0.25) is 0 Å². The standard InChI is InChI=1S/C20H19BrN2O3/c1-3-23-12-17(14(2)22-23)19(24)11-10-15-8-9-16(26-15)13-25-20-7-5-4-6-18(20)21/h4-12H,3,13H2,1-2H3/b11-10+. The maximum absolute atomic E-state index is 12.3. The minimum Gasteiger partial charge on any atom is -0.484 e. The second-order valence-electron chi connectivity index (χ2n) is 5.70. The lowest BCUT2D eigenvalue weighted by Crippen LogP contribution is -1.95. The van der Waals surface area contributed by atoms with Gasteiger partial charge in [-0.15, -0.1) is 0 Å². The Morgan fingerprint density at radius 1 is 1.31 bits per heavy atom. The lowest BCUT2D eigenvalue weighted by Gasteiger charge is -2.05. The van der Waals surface area contributed by atoms with Crippen LogP contribution in [-0.4, -0.2) is 15.6 Å². The highest BCUT2D eigenvalue weighted by atomic mass is 79.9. The van der Waals surface area contributed by atoms with Crippen LogP contribution >= 0.6 is 15.9 Å². The van der Waals surface area contributed by atoms with E-state index in [0.717, 1.165) is 22.5 Å². The Labute approximate surface area is 160 Å². The fourth-order valence-corrected chi connectivity index (χ4v) is 2.84. The van der Waals surface area contributed by atoms with Crippen LogP contribution in [0.1, 0.15) is 34.5 Å². The normalized spacial score (nSPS) is 11.2. The van der Waals surface area contributed by atoms with Gasteiger partial charge in [0.05, 0.1) is 15.7 Å². The fraction of sp³-hybridized carbons (Fsp3) is 0.200. The molecule has 1 aromatic carbocycles. The first-order valence-corrected chi connectivity index (χ1v) is 9.08. The Bertz CT molecular complexity index is 940. The largest absolute Gasteiger partial charge is 0.484 e. The van der Waals surface area contributed by atoms with Crippen molar-refractivity contribution in [2.75, 3.05) is 0 Å². The van der Waals surface area contributed by atoms with E-state index >= 15 is 0 Å². The Morgan fingerprint density at radius 2 is 2.12 bits per heavy atom. The molecule has 3 rings (SSSR count). The summed E-state index contributed by atoms with van der Waals surface area (Å²) in [6.07, 6.45) is 4.93. The number of carbonyl (C=O) groups excluding carboxylic acids is 1. The number of para-hydroxylation sites is 1. The predicted molar refractivity (Wildman–Crippen MR) is 103 cm³/mol. The van der Waals surface area contributed by atoms with E-state index in [2.05, 4.69) is 21.0 Å². The molecule has 0 aliphatic carbocycles. The number of carbonyl (C=O) groups is 1. The van der Waals surface area contributed by atoms with Crippen molar-refractivity contribution in [3.63, 3.8) is 0 Å². The minimum atomic E-state index is -0.0929. The van der Waals surface area contributed by atoms with Crippen molar-refractivity contribution < 1.29 is 13.9 Å². The number of benzene rings is 1. The number of nitrogens with zero attached hydrogens (tertiary/aromatic N) is 2. The van der Waals surface area contributed by atoms with Gasteiger partial charge in [-0.05, 0) is 66.2 Å². The summed E-state index contributed by atoms with van der Waals surface area (Å²) in [5, 5.41) is 4.29. The molecule has 0 fully saturated rings. The zero-order chi connectivity index (χ0) is 18.5. The van der Waals surface area contributed by atoms with Crippen molar-refractivity contribution in [3.8, 4) is 5.75 Å². The molecule has 26 heavy (non-hydrogen) atoms. The molecule has 0 atom stereocenters. The first-order chi connectivity index (χ1) is 12.6. The van der Waals surface area contributed by atoms with Crippen molar-refractivity contribution in [2.45, 2.75) is 27.0 Å². The van der Waals surface area contributed by atoms with E-state index in [0.29, 0.717) is 23.7 Å². The summed E-state index contributed by atoms with van der Waals surface area (Å²) < 4.78 is 14.0. The molecule has 134 valence electrons. The number of halogens is 1. The monoisotopic (exact) mass is 414 g/mol. The summed E-state index contributed by atoms with van der Waals surface area (Å²) in [7, 11) is 0. The second-order valence-corrected chi connectivity index (χ2v) is 6.56. The van der Waals surface area contributed by atoms with E-state index in [9.17, 15) is 4.79 Å². The average molecular weight is 415 g/mol. The molecule has 0 N–H and O–H groups in total. The zero-order valence-corrected chi connectivity index (χ0v) is 16.2. The molecule has 2 aromatic heterocycles. The fourth-order valence-electron chi connectivity index (χ4n) is 2.44. The van der Waals surface area contributed by atoms with Crippen LogP contribution in [0.15, 0.2) is 57.6 Å². The van der Waals surface area contributed by atoms with Gasteiger partial charge in [0, 0.05) is 12.7 Å². The molecule has 0 bridgehead atoms. The van der Waals surface area contributed by atoms with Gasteiger partial charge in [-0.25, -0.2) is 0 Å². The maximum atomic E-state index is 12.3. The van der Waals surface area contributed by atoms with E-state index in [-0.39, 0.29) is 5.78 Å². The molecular weight excluding hydrogens is 396 g/mol. The Morgan fingerprint density at radius 3 is 2.85 bits per heavy atom. The Balaban J connectivity index is 1.62. The van der Waals surface area contributed by atoms with Gasteiger partial charge in [0.15, 0.2) is 5.78 Å². The molecule has 0 aliphatic heterocycles. The van der Waals surface area contributed by atoms with Crippen LogP contribution in [-0.2, 0) is 13.2 Å². The first kappa shape index (κ1) is 18.2. The second kappa shape index (κ2) is 8.19. The molecule has 3 aromatic rings. The molecular formula is C20H19BrN2O3. The number of furan rings is 1. The lowest BCUT2D eigenvalue weighted by atomic mass is 10.1. The highest BCUT2D eigenvalue weighted by molar-refractivity contribution is 9.10. The highest BCUT2D eigenvalue weighted by Crippen LogP contribution is 2.25. The van der Waals surface area contributed by atoms with Crippen LogP contribution in [0.4, 0.5) is 0 Å². The predicted octanol–water partition coefficient (Wildman–Crippen LogP) is 5.04. The first-order valence-electron chi connectivity index (χ1n) is 8.29. The van der Waals surface area contributed by atoms with Gasteiger partial charge in [-0.3, -0.25) is 9.48 Å². The Hall–Kier alpha value is -2.60. The molecule has 0 radical (unpaired) electrons. The van der Waals surface area contributed by atoms with Gasteiger partial charge in [-0.2, -0.15) is 5.10 Å². The third-order valence-electron chi connectivity index (χ3n) is 3.82. The summed E-state index contributed by atoms with van der Waals surface area (Å²) in [6.45, 7) is 4.86. The zero-order valence-electron chi connectivity index (χ0n) is 14.6. The smallest absolute Gasteiger partial charge is 0.189 e. The van der Waals surface area contributed by atoms with Crippen molar-refractivity contribution in [3.05, 3.63) is 75.9 Å². The summed E-state index contributed by atoms with van der Waals surface area (Å²) in [5.41, 5.74) is 1.33. The molecule has 6 heteroatoms. The van der Waals surface area contributed by atoms with Gasteiger partial charge in [0.25, 0.3) is 0 Å². The Kier molecular flexibility index (Phi) is 5.73. The maximum Gasteiger partial charge on any atom is 0.189 e. The molecule has 0 spiro atoms. The van der Waals surface area contributed by atoms with Crippen LogP contribution in [0, 0.1) is 6.92 Å². The number of rotatable bonds is 7. The van der Waals surface area contributed by atoms with Gasteiger partial charge >= 0.3 is 0 Å². The molecule has 0 unspecified atom stereocenters. The quantitative estimate of drug-likeness (QED) is 0.401. The SMILES string of the molecule is CCn1cc(C(=O)/C=C/c2ccc(COc3ccccc3Br)o2)c(C)n1. The molecule has 0 saturated heterocycles. The van der Waals surface area contributed by atoms with E-state index < -0.39 is 0 Å². The van der Waals surface area contributed by atoms with E-state index in [1.807, 2.05) is 50.2 Å². The van der Waals surface area contributed by atoms with Gasteiger partial charge in [0.1, 0.15) is 23.9 Å². The third-order valence-corrected chi connectivity index (χ3v) is 4.48. The number of allylic oxidation sites excluding steroid dienone is 1. The lowest BCUT2D eigenvalue weighted by molar-refractivity contribution is 0.104. The number of hydrogen-bond acceptors (Lipinski definition) is 4. The summed E-state index contributed by atoms with van der Waals surface area (Å²) in [5.74, 6) is 1.94. The molecule has 0 aliphatic rings. The third kappa shape index (κ3) is 4.32. The molecule has 2 heterocycles. The topological polar surface area (TPSA) is 57.3 Å². The van der Waals surface area contributed by atoms with E-state index in [1.165, 1.54) is 6.08 Å². The highest BCUT2D eigenvalue weighted by Gasteiger charge is 2.10. The minimum absolute atomic E-state index is 0.0929. The van der Waals surface area contributed by atoms with E-state index in [4.69, 9.17) is 9.15 Å². The summed E-state index contributed by atoms with van der Waals surface area (Å²) >= 11 is 3.44. The van der Waals surface area contributed by atoms with Crippen LogP contribution in [0.2, 0.25) is 0 Å². The van der Waals surface area contributed by atoms with Crippen LogP contribution in [0.3, 0.4) is 0 Å². The van der Waals surface area contributed by atoms with E-state index in [1.54, 1.807) is 17.0 Å². The van der Waals surface area contributed by atoms with Crippen LogP contribution in [0.25, 0.3) is 6.08 Å². The van der Waals surface area contributed by atoms with Gasteiger partial charge < -0.3 is 9.15 Å². The van der Waals surface area contributed by atoms with Crippen molar-refractivity contribution in [1.29, 1.82) is 0 Å². The number of aromatic nitrogens is 2. The number of aryl methyl sites for hydroxylation is 2. The van der Waals surface area contributed by atoms with Crippen molar-refractivity contribution in [1.82, 2.24) is 9.78 Å². The average Bonchev–Trinajstić information content (AvgIpc) is 3.25. The summed E-state index contributed by atoms with van der Waals surface area (Å²) in [6, 6.07) is 11.3. The number of ketones is 1. The van der Waals surface area contributed by atoms with Crippen molar-refractivity contribution in [2.24, 2.45) is 0 Å². The van der Waals surface area contributed by atoms with Gasteiger partial charge in [-0.1, -0.05) is 12.1 Å². The molecule has 0 saturated carbocycles. The summed E-state index contributed by atoms with van der Waals surface area (Å²) in [4.78, 5) is 12.3.